The van der Waals surface area contributed by atoms with Crippen molar-refractivity contribution in [2.75, 3.05) is 13.2 Å². The first kappa shape index (κ1) is 25.2. The number of amides is 2. The van der Waals surface area contributed by atoms with Gasteiger partial charge in [-0.1, -0.05) is 69.7 Å². The Labute approximate surface area is 208 Å². The zero-order valence-electron chi connectivity index (χ0n) is 20.8. The molecule has 0 aromatic heterocycles. The summed E-state index contributed by atoms with van der Waals surface area (Å²) in [6.07, 6.45) is 9.86. The van der Waals surface area contributed by atoms with Gasteiger partial charge in [0.1, 0.15) is 24.2 Å². The van der Waals surface area contributed by atoms with Gasteiger partial charge in [0.25, 0.3) is 5.91 Å². The molecule has 188 valence electrons. The first-order valence-corrected chi connectivity index (χ1v) is 13.1. The Morgan fingerprint density at radius 2 is 1.63 bits per heavy atom. The molecule has 1 heterocycles. The monoisotopic (exact) mass is 480 g/mol. The third-order valence-electron chi connectivity index (χ3n) is 7.20. The van der Waals surface area contributed by atoms with Gasteiger partial charge in [-0.2, -0.15) is 0 Å². The lowest BCUT2D eigenvalue weighted by Crippen LogP contribution is -2.58. The largest absolute Gasteiger partial charge is 0.494 e. The SMILES string of the molecule is CCCCCCOc1ccc([C@@H]2C(=O)N(C3CCCCC3)CC(=O)N2Cc2ccc(F)cc2)cc1. The second kappa shape index (κ2) is 12.2. The average Bonchev–Trinajstić information content (AvgIpc) is 2.88. The van der Waals surface area contributed by atoms with Crippen molar-refractivity contribution in [2.45, 2.75) is 83.3 Å². The molecule has 1 aliphatic carbocycles. The van der Waals surface area contributed by atoms with Crippen LogP contribution in [0.4, 0.5) is 4.39 Å². The van der Waals surface area contributed by atoms with Crippen LogP contribution in [0.5, 0.6) is 5.75 Å². The molecule has 2 aliphatic rings. The van der Waals surface area contributed by atoms with Crippen LogP contribution < -0.4 is 4.74 Å². The number of unbranched alkanes of at least 4 members (excludes halogenated alkanes) is 3. The van der Waals surface area contributed by atoms with Crippen LogP contribution in [0.2, 0.25) is 0 Å². The van der Waals surface area contributed by atoms with E-state index in [-0.39, 0.29) is 36.8 Å². The molecule has 2 aromatic rings. The highest BCUT2D eigenvalue weighted by molar-refractivity contribution is 5.95. The highest BCUT2D eigenvalue weighted by Crippen LogP contribution is 2.34. The Morgan fingerprint density at radius 1 is 0.914 bits per heavy atom. The zero-order chi connectivity index (χ0) is 24.6. The van der Waals surface area contributed by atoms with Crippen molar-refractivity contribution in [3.05, 3.63) is 65.5 Å². The second-order valence-electron chi connectivity index (χ2n) is 9.79. The van der Waals surface area contributed by atoms with Crippen LogP contribution in [-0.2, 0) is 16.1 Å². The van der Waals surface area contributed by atoms with Crippen LogP contribution >= 0.6 is 0 Å². The molecule has 2 amide bonds. The summed E-state index contributed by atoms with van der Waals surface area (Å²) in [4.78, 5) is 30.7. The van der Waals surface area contributed by atoms with Gasteiger partial charge in [0, 0.05) is 12.6 Å². The maximum atomic E-state index is 13.8. The third-order valence-corrected chi connectivity index (χ3v) is 7.20. The maximum Gasteiger partial charge on any atom is 0.250 e. The summed E-state index contributed by atoms with van der Waals surface area (Å²) in [6.45, 7) is 3.24. The topological polar surface area (TPSA) is 49.9 Å². The zero-order valence-corrected chi connectivity index (χ0v) is 20.8. The van der Waals surface area contributed by atoms with Gasteiger partial charge < -0.3 is 14.5 Å². The fourth-order valence-electron chi connectivity index (χ4n) is 5.20. The molecule has 2 aromatic carbocycles. The number of hydrogen-bond acceptors (Lipinski definition) is 3. The van der Waals surface area contributed by atoms with Crippen LogP contribution in [0.1, 0.15) is 81.9 Å². The van der Waals surface area contributed by atoms with Crippen molar-refractivity contribution in [2.24, 2.45) is 0 Å². The fraction of sp³-hybridized carbons (Fsp3) is 0.517. The molecule has 0 spiro atoms. The molecular formula is C29H37FN2O3. The minimum Gasteiger partial charge on any atom is -0.494 e. The van der Waals surface area contributed by atoms with E-state index >= 15 is 0 Å². The predicted molar refractivity (Wildman–Crippen MR) is 134 cm³/mol. The number of ether oxygens (including phenoxy) is 1. The first-order valence-electron chi connectivity index (χ1n) is 13.1. The lowest BCUT2D eigenvalue weighted by Gasteiger charge is -2.44. The van der Waals surface area contributed by atoms with E-state index < -0.39 is 6.04 Å². The van der Waals surface area contributed by atoms with Crippen molar-refractivity contribution >= 4 is 11.8 Å². The predicted octanol–water partition coefficient (Wildman–Crippen LogP) is 6.03. The Morgan fingerprint density at radius 3 is 2.31 bits per heavy atom. The van der Waals surface area contributed by atoms with Crippen LogP contribution in [0.15, 0.2) is 48.5 Å². The maximum absolute atomic E-state index is 13.8. The van der Waals surface area contributed by atoms with E-state index in [1.165, 1.54) is 31.4 Å². The van der Waals surface area contributed by atoms with E-state index in [1.807, 2.05) is 29.2 Å². The van der Waals surface area contributed by atoms with E-state index in [4.69, 9.17) is 4.74 Å². The molecule has 4 rings (SSSR count). The highest BCUT2D eigenvalue weighted by Gasteiger charge is 2.42. The quantitative estimate of drug-likeness (QED) is 0.390. The Hall–Kier alpha value is -2.89. The standard InChI is InChI=1S/C29H37FN2O3/c1-2-3-4-8-19-35-26-17-13-23(14-18-26)28-29(34)31(25-9-6-5-7-10-25)21-27(33)32(28)20-22-11-15-24(30)16-12-22/h11-18,25,28H,2-10,19-21H2,1H3/t28-/m1/s1. The summed E-state index contributed by atoms with van der Waals surface area (Å²) in [5, 5.41) is 0. The van der Waals surface area contributed by atoms with Crippen LogP contribution in [-0.4, -0.2) is 40.8 Å². The Bertz CT molecular complexity index is 970. The molecule has 0 unspecified atom stereocenters. The summed E-state index contributed by atoms with van der Waals surface area (Å²) in [5.41, 5.74) is 1.58. The van der Waals surface area contributed by atoms with Crippen molar-refractivity contribution in [1.29, 1.82) is 0 Å². The number of rotatable bonds is 10. The summed E-state index contributed by atoms with van der Waals surface area (Å²) in [6, 6.07) is 13.1. The van der Waals surface area contributed by atoms with Gasteiger partial charge in [-0.15, -0.1) is 0 Å². The van der Waals surface area contributed by atoms with Gasteiger partial charge in [-0.25, -0.2) is 4.39 Å². The molecule has 1 atom stereocenters. The van der Waals surface area contributed by atoms with Gasteiger partial charge in [0.2, 0.25) is 5.91 Å². The van der Waals surface area contributed by atoms with Gasteiger partial charge in [0.05, 0.1) is 6.61 Å². The molecular weight excluding hydrogens is 443 g/mol. The van der Waals surface area contributed by atoms with Crippen LogP contribution in [0.3, 0.4) is 0 Å². The summed E-state index contributed by atoms with van der Waals surface area (Å²) >= 11 is 0. The number of carbonyl (C=O) groups excluding carboxylic acids is 2. The molecule has 1 saturated heterocycles. The minimum atomic E-state index is -0.693. The molecule has 6 heteroatoms. The van der Waals surface area contributed by atoms with Gasteiger partial charge in [-0.05, 0) is 54.7 Å². The summed E-state index contributed by atoms with van der Waals surface area (Å²) < 4.78 is 19.3. The molecule has 1 saturated carbocycles. The molecule has 0 N–H and O–H groups in total. The number of nitrogens with zero attached hydrogens (tertiary/aromatic N) is 2. The van der Waals surface area contributed by atoms with E-state index in [2.05, 4.69) is 6.92 Å². The van der Waals surface area contributed by atoms with Gasteiger partial charge in [0.15, 0.2) is 0 Å². The van der Waals surface area contributed by atoms with Crippen molar-refractivity contribution < 1.29 is 18.7 Å². The molecule has 35 heavy (non-hydrogen) atoms. The summed E-state index contributed by atoms with van der Waals surface area (Å²) in [5.74, 6) is 0.363. The van der Waals surface area contributed by atoms with E-state index in [9.17, 15) is 14.0 Å². The highest BCUT2D eigenvalue weighted by atomic mass is 19.1. The first-order chi connectivity index (χ1) is 17.1. The van der Waals surface area contributed by atoms with Crippen LogP contribution in [0.25, 0.3) is 0 Å². The van der Waals surface area contributed by atoms with E-state index in [0.717, 1.165) is 55.4 Å². The lowest BCUT2D eigenvalue weighted by atomic mass is 9.91. The van der Waals surface area contributed by atoms with Crippen molar-refractivity contribution in [3.63, 3.8) is 0 Å². The van der Waals surface area contributed by atoms with E-state index in [0.29, 0.717) is 6.61 Å². The molecule has 0 bridgehead atoms. The fourth-order valence-corrected chi connectivity index (χ4v) is 5.20. The normalized spacial score (nSPS) is 19.3. The lowest BCUT2D eigenvalue weighted by molar-refractivity contribution is -0.160. The molecule has 5 nitrogen and oxygen atoms in total. The number of halogens is 1. The molecule has 0 radical (unpaired) electrons. The third kappa shape index (κ3) is 6.41. The Balaban J connectivity index is 1.54. The van der Waals surface area contributed by atoms with Crippen molar-refractivity contribution in [3.8, 4) is 5.75 Å². The summed E-state index contributed by atoms with van der Waals surface area (Å²) in [7, 11) is 0. The smallest absolute Gasteiger partial charge is 0.250 e. The average molecular weight is 481 g/mol. The van der Waals surface area contributed by atoms with Gasteiger partial charge >= 0.3 is 0 Å². The molecule has 1 aliphatic heterocycles. The van der Waals surface area contributed by atoms with Gasteiger partial charge in [-0.3, -0.25) is 9.59 Å². The second-order valence-corrected chi connectivity index (χ2v) is 9.79. The number of hydrogen-bond donors (Lipinski definition) is 0. The number of piperazine rings is 1. The van der Waals surface area contributed by atoms with Crippen molar-refractivity contribution in [1.82, 2.24) is 9.80 Å². The number of carbonyl (C=O) groups is 2. The van der Waals surface area contributed by atoms with E-state index in [1.54, 1.807) is 17.0 Å². The minimum absolute atomic E-state index is 0.0214. The Kier molecular flexibility index (Phi) is 8.78. The van der Waals surface area contributed by atoms with Crippen LogP contribution in [0, 0.1) is 5.82 Å². The number of benzene rings is 2. The molecule has 2 fully saturated rings.